The maximum atomic E-state index is 12.6. The molecule has 138 valence electrons. The molecule has 1 aromatic heterocycles. The van der Waals surface area contributed by atoms with E-state index in [2.05, 4.69) is 23.6 Å². The second-order valence-electron chi connectivity index (χ2n) is 5.41. The summed E-state index contributed by atoms with van der Waals surface area (Å²) in [6, 6.07) is -1.07. The molecule has 2 atom stereocenters. The maximum Gasteiger partial charge on any atom is 0.435 e. The number of aromatic nitrogens is 2. The van der Waals surface area contributed by atoms with Gasteiger partial charge in [-0.15, -0.1) is 13.2 Å². The van der Waals surface area contributed by atoms with E-state index in [4.69, 9.17) is 0 Å². The minimum atomic E-state index is -4.58. The van der Waals surface area contributed by atoms with Gasteiger partial charge in [0.15, 0.2) is 5.69 Å². The zero-order valence-electron chi connectivity index (χ0n) is 14.1. The normalized spacial score (nSPS) is 13.6. The zero-order valence-corrected chi connectivity index (χ0v) is 14.1. The average Bonchev–Trinajstić information content (AvgIpc) is 3.03. The number of amides is 2. The van der Waals surface area contributed by atoms with Crippen LogP contribution in [0.2, 0.25) is 0 Å². The highest BCUT2D eigenvalue weighted by Crippen LogP contribution is 2.27. The summed E-state index contributed by atoms with van der Waals surface area (Å²) in [5.41, 5.74) is -1.08. The van der Waals surface area contributed by atoms with E-state index < -0.39 is 29.9 Å². The molecule has 2 unspecified atom stereocenters. The van der Waals surface area contributed by atoms with Gasteiger partial charge in [0.2, 0.25) is 11.8 Å². The molecule has 0 saturated carbocycles. The molecule has 0 aromatic carbocycles. The van der Waals surface area contributed by atoms with Gasteiger partial charge < -0.3 is 10.2 Å². The summed E-state index contributed by atoms with van der Waals surface area (Å²) in [7, 11) is 0. The van der Waals surface area contributed by atoms with Crippen LogP contribution in [-0.4, -0.2) is 45.6 Å². The van der Waals surface area contributed by atoms with Crippen LogP contribution in [0.4, 0.5) is 13.2 Å². The van der Waals surface area contributed by atoms with Gasteiger partial charge in [-0.25, -0.2) is 0 Å². The molecule has 0 aliphatic heterocycles. The minimum absolute atomic E-state index is 0.286. The fraction of sp³-hybridized carbons (Fsp3) is 0.438. The third-order valence-electron chi connectivity index (χ3n) is 3.41. The van der Waals surface area contributed by atoms with Crippen molar-refractivity contribution in [2.75, 3.05) is 13.1 Å². The van der Waals surface area contributed by atoms with Gasteiger partial charge in [-0.2, -0.15) is 18.3 Å². The predicted octanol–water partition coefficient (Wildman–Crippen LogP) is 2.17. The second kappa shape index (κ2) is 8.50. The number of hydrogen-bond acceptors (Lipinski definition) is 3. The lowest BCUT2D eigenvalue weighted by atomic mass is 10.2. The second-order valence-corrected chi connectivity index (χ2v) is 5.41. The van der Waals surface area contributed by atoms with Crippen LogP contribution in [0.15, 0.2) is 37.6 Å². The lowest BCUT2D eigenvalue weighted by Gasteiger charge is -2.24. The highest BCUT2D eigenvalue weighted by Gasteiger charge is 2.34. The standard InChI is InChI=1S/C16H21F3N4O2/c1-5-8-22(9-6-2)15(25)11(3)20-14(24)12(4)23-10-7-13(21-23)16(17,18)19/h5-7,10-12H,1-2,8-9H2,3-4H3,(H,20,24). The van der Waals surface area contributed by atoms with Crippen molar-refractivity contribution in [3.05, 3.63) is 43.3 Å². The van der Waals surface area contributed by atoms with Crippen LogP contribution in [0, 0.1) is 0 Å². The summed E-state index contributed by atoms with van der Waals surface area (Å²) in [4.78, 5) is 25.9. The highest BCUT2D eigenvalue weighted by atomic mass is 19.4. The lowest BCUT2D eigenvalue weighted by Crippen LogP contribution is -2.48. The Balaban J connectivity index is 2.76. The number of nitrogens with one attached hydrogen (secondary N) is 1. The molecule has 0 aliphatic rings. The van der Waals surface area contributed by atoms with Crippen molar-refractivity contribution in [2.24, 2.45) is 0 Å². The SMILES string of the molecule is C=CCN(CC=C)C(=O)C(C)NC(=O)C(C)n1ccc(C(F)(F)F)n1. The van der Waals surface area contributed by atoms with Crippen LogP contribution in [0.5, 0.6) is 0 Å². The van der Waals surface area contributed by atoms with Crippen LogP contribution in [-0.2, 0) is 15.8 Å². The fourth-order valence-electron chi connectivity index (χ4n) is 2.06. The van der Waals surface area contributed by atoms with Crippen LogP contribution >= 0.6 is 0 Å². The van der Waals surface area contributed by atoms with Gasteiger partial charge in [0, 0.05) is 19.3 Å². The van der Waals surface area contributed by atoms with Crippen molar-refractivity contribution in [1.29, 1.82) is 0 Å². The molecular weight excluding hydrogens is 337 g/mol. The zero-order chi connectivity index (χ0) is 19.2. The Kier molecular flexibility index (Phi) is 6.96. The molecule has 0 fully saturated rings. The van der Waals surface area contributed by atoms with Gasteiger partial charge in [-0.1, -0.05) is 12.2 Å². The van der Waals surface area contributed by atoms with E-state index in [1.165, 1.54) is 18.7 Å². The molecule has 2 amide bonds. The number of carbonyl (C=O) groups is 2. The highest BCUT2D eigenvalue weighted by molar-refractivity contribution is 5.88. The van der Waals surface area contributed by atoms with Gasteiger partial charge in [0.1, 0.15) is 12.1 Å². The van der Waals surface area contributed by atoms with E-state index >= 15 is 0 Å². The topological polar surface area (TPSA) is 67.2 Å². The molecule has 6 nitrogen and oxygen atoms in total. The minimum Gasteiger partial charge on any atom is -0.343 e. The number of nitrogens with zero attached hydrogens (tertiary/aromatic N) is 3. The Labute approximate surface area is 144 Å². The summed E-state index contributed by atoms with van der Waals surface area (Å²) < 4.78 is 38.6. The van der Waals surface area contributed by atoms with Crippen molar-refractivity contribution < 1.29 is 22.8 Å². The Hall–Kier alpha value is -2.58. The Bertz CT molecular complexity index is 630. The first-order chi connectivity index (χ1) is 11.6. The molecule has 0 radical (unpaired) electrons. The van der Waals surface area contributed by atoms with Crippen molar-refractivity contribution in [1.82, 2.24) is 20.0 Å². The smallest absolute Gasteiger partial charge is 0.343 e. The van der Waals surface area contributed by atoms with Crippen molar-refractivity contribution in [2.45, 2.75) is 32.1 Å². The van der Waals surface area contributed by atoms with Crippen molar-refractivity contribution in [3.8, 4) is 0 Å². The summed E-state index contributed by atoms with van der Waals surface area (Å²) in [5.74, 6) is -0.966. The molecule has 1 heterocycles. The molecular formula is C16H21F3N4O2. The lowest BCUT2D eigenvalue weighted by molar-refractivity contribution is -0.142. The molecule has 0 bridgehead atoms. The van der Waals surface area contributed by atoms with Crippen molar-refractivity contribution >= 4 is 11.8 Å². The van der Waals surface area contributed by atoms with Crippen LogP contribution < -0.4 is 5.32 Å². The van der Waals surface area contributed by atoms with E-state index in [1.807, 2.05) is 0 Å². The van der Waals surface area contributed by atoms with E-state index in [-0.39, 0.29) is 19.0 Å². The maximum absolute atomic E-state index is 12.6. The van der Waals surface area contributed by atoms with Crippen LogP contribution in [0.25, 0.3) is 0 Å². The summed E-state index contributed by atoms with van der Waals surface area (Å²) >= 11 is 0. The fourth-order valence-corrected chi connectivity index (χ4v) is 2.06. The van der Waals surface area contributed by atoms with E-state index in [0.29, 0.717) is 0 Å². The third-order valence-corrected chi connectivity index (χ3v) is 3.41. The van der Waals surface area contributed by atoms with Gasteiger partial charge in [-0.05, 0) is 19.9 Å². The van der Waals surface area contributed by atoms with E-state index in [0.717, 1.165) is 16.9 Å². The Morgan fingerprint density at radius 1 is 1.32 bits per heavy atom. The number of halogens is 3. The van der Waals surface area contributed by atoms with Gasteiger partial charge in [0.25, 0.3) is 0 Å². The first kappa shape index (κ1) is 20.5. The molecule has 1 N–H and O–H groups in total. The van der Waals surface area contributed by atoms with Gasteiger partial charge in [0.05, 0.1) is 0 Å². The van der Waals surface area contributed by atoms with E-state index in [9.17, 15) is 22.8 Å². The van der Waals surface area contributed by atoms with E-state index in [1.54, 1.807) is 12.2 Å². The summed E-state index contributed by atoms with van der Waals surface area (Å²) in [6.07, 6.45) is -0.427. The molecule has 9 heteroatoms. The first-order valence-corrected chi connectivity index (χ1v) is 7.55. The quantitative estimate of drug-likeness (QED) is 0.724. The monoisotopic (exact) mass is 358 g/mol. The number of rotatable bonds is 8. The van der Waals surface area contributed by atoms with Gasteiger partial charge >= 0.3 is 6.18 Å². The number of hydrogen-bond donors (Lipinski definition) is 1. The van der Waals surface area contributed by atoms with Crippen LogP contribution in [0.1, 0.15) is 25.6 Å². The average molecular weight is 358 g/mol. The predicted molar refractivity (Wildman–Crippen MR) is 86.5 cm³/mol. The van der Waals surface area contributed by atoms with Crippen molar-refractivity contribution in [3.63, 3.8) is 0 Å². The summed E-state index contributed by atoms with van der Waals surface area (Å²) in [5, 5.41) is 5.84. The summed E-state index contributed by atoms with van der Waals surface area (Å²) in [6.45, 7) is 10.6. The number of alkyl halides is 3. The van der Waals surface area contributed by atoms with Crippen LogP contribution in [0.3, 0.4) is 0 Å². The Morgan fingerprint density at radius 2 is 1.88 bits per heavy atom. The molecule has 25 heavy (non-hydrogen) atoms. The van der Waals surface area contributed by atoms with Gasteiger partial charge in [-0.3, -0.25) is 14.3 Å². The molecule has 0 saturated heterocycles. The molecule has 0 aliphatic carbocycles. The Morgan fingerprint density at radius 3 is 2.32 bits per heavy atom. The molecule has 1 aromatic rings. The number of carbonyl (C=O) groups excluding carboxylic acids is 2. The first-order valence-electron chi connectivity index (χ1n) is 7.55. The largest absolute Gasteiger partial charge is 0.435 e. The third kappa shape index (κ3) is 5.47. The molecule has 0 spiro atoms. The molecule has 1 rings (SSSR count).